The second-order valence-electron chi connectivity index (χ2n) is 12.7. The molecule has 4 aromatic carbocycles. The summed E-state index contributed by atoms with van der Waals surface area (Å²) in [5.74, 6) is -2.39. The van der Waals surface area contributed by atoms with Crippen LogP contribution in [0.5, 0.6) is 5.75 Å². The lowest BCUT2D eigenvalue weighted by Gasteiger charge is -2.36. The van der Waals surface area contributed by atoms with E-state index in [0.717, 1.165) is 40.1 Å². The molecule has 1 saturated heterocycles. The van der Waals surface area contributed by atoms with Crippen molar-refractivity contribution in [3.8, 4) is 5.75 Å². The number of amides is 2. The van der Waals surface area contributed by atoms with Gasteiger partial charge in [0.15, 0.2) is 0 Å². The van der Waals surface area contributed by atoms with Crippen molar-refractivity contribution in [2.45, 2.75) is 45.1 Å². The first kappa shape index (κ1) is 32.9. The first-order valence-electron chi connectivity index (χ1n) is 16.7. The van der Waals surface area contributed by atoms with E-state index in [0.29, 0.717) is 36.9 Å². The van der Waals surface area contributed by atoms with E-state index in [9.17, 15) is 24.9 Å². The van der Waals surface area contributed by atoms with Gasteiger partial charge >= 0.3 is 0 Å². The van der Waals surface area contributed by atoms with Crippen molar-refractivity contribution in [2.75, 3.05) is 16.8 Å². The quantitative estimate of drug-likeness (QED) is 0.0715. The highest BCUT2D eigenvalue weighted by atomic mass is 16.3. The SMILES string of the molecule is CCCC1=C([C@H](O)CC/C(=C/c2cccc(O)c2)c2ccccc2)[C@H](CO)[C@@H]2C(=O)N(c3ccc(Nc4ccccc4)cc3)C(=O)[C@@H]2C1. The van der Waals surface area contributed by atoms with E-state index in [1.807, 2.05) is 84.9 Å². The van der Waals surface area contributed by atoms with Crippen LogP contribution in [0.4, 0.5) is 17.1 Å². The van der Waals surface area contributed by atoms with Gasteiger partial charge in [0.25, 0.3) is 0 Å². The van der Waals surface area contributed by atoms with Crippen molar-refractivity contribution in [1.29, 1.82) is 0 Å². The minimum atomic E-state index is -0.902. The molecule has 1 fully saturated rings. The number of carbonyl (C=O) groups excluding carboxylic acids is 2. The Balaban J connectivity index is 1.24. The summed E-state index contributed by atoms with van der Waals surface area (Å²) >= 11 is 0. The molecule has 7 nitrogen and oxygen atoms in total. The average molecular weight is 643 g/mol. The summed E-state index contributed by atoms with van der Waals surface area (Å²) in [6.45, 7) is 1.72. The van der Waals surface area contributed by atoms with Crippen molar-refractivity contribution in [1.82, 2.24) is 0 Å². The maximum atomic E-state index is 14.1. The number of para-hydroxylation sites is 1. The Morgan fingerprint density at radius 2 is 1.58 bits per heavy atom. The Morgan fingerprint density at radius 3 is 2.25 bits per heavy atom. The van der Waals surface area contributed by atoms with Gasteiger partial charge in [-0.2, -0.15) is 0 Å². The molecule has 1 aliphatic heterocycles. The Labute approximate surface area is 281 Å². The lowest BCUT2D eigenvalue weighted by molar-refractivity contribution is -0.123. The van der Waals surface area contributed by atoms with Crippen molar-refractivity contribution < 1.29 is 24.9 Å². The maximum absolute atomic E-state index is 14.1. The molecule has 4 atom stereocenters. The van der Waals surface area contributed by atoms with E-state index in [1.54, 1.807) is 30.3 Å². The molecule has 7 heteroatoms. The van der Waals surface area contributed by atoms with Gasteiger partial charge < -0.3 is 20.6 Å². The van der Waals surface area contributed by atoms with Gasteiger partial charge in [-0.05, 0) is 96.5 Å². The summed E-state index contributed by atoms with van der Waals surface area (Å²) in [4.78, 5) is 29.2. The Hall–Kier alpha value is -4.98. The van der Waals surface area contributed by atoms with Crippen molar-refractivity contribution in [2.24, 2.45) is 17.8 Å². The minimum absolute atomic E-state index is 0.178. The van der Waals surface area contributed by atoms with Crippen LogP contribution in [0.2, 0.25) is 0 Å². The molecule has 0 bridgehead atoms. The molecule has 0 aromatic heterocycles. The fourth-order valence-electron chi connectivity index (χ4n) is 7.35. The number of anilines is 3. The molecule has 4 N–H and O–H groups in total. The monoisotopic (exact) mass is 642 g/mol. The molecule has 4 aromatic rings. The number of aliphatic hydroxyl groups is 2. The van der Waals surface area contributed by atoms with Crippen molar-refractivity contribution >= 4 is 40.5 Å². The Bertz CT molecular complexity index is 1800. The van der Waals surface area contributed by atoms with Crippen LogP contribution in [-0.4, -0.2) is 39.8 Å². The number of nitrogens with zero attached hydrogens (tertiary/aromatic N) is 1. The number of hydrogen-bond acceptors (Lipinski definition) is 6. The third-order valence-corrected chi connectivity index (χ3v) is 9.52. The molecule has 6 rings (SSSR count). The number of aromatic hydroxyl groups is 1. The van der Waals surface area contributed by atoms with Gasteiger partial charge in [0.05, 0.1) is 30.2 Å². The van der Waals surface area contributed by atoms with Gasteiger partial charge in [-0.3, -0.25) is 14.5 Å². The topological polar surface area (TPSA) is 110 Å². The van der Waals surface area contributed by atoms with Crippen LogP contribution >= 0.6 is 0 Å². The molecule has 48 heavy (non-hydrogen) atoms. The van der Waals surface area contributed by atoms with E-state index >= 15 is 0 Å². The number of rotatable bonds is 12. The maximum Gasteiger partial charge on any atom is 0.238 e. The van der Waals surface area contributed by atoms with E-state index in [1.165, 1.54) is 4.90 Å². The van der Waals surface area contributed by atoms with Crippen molar-refractivity contribution in [3.63, 3.8) is 0 Å². The first-order valence-corrected chi connectivity index (χ1v) is 16.7. The summed E-state index contributed by atoms with van der Waals surface area (Å²) in [6.07, 6.45) is 3.90. The highest BCUT2D eigenvalue weighted by Gasteiger charge is 2.55. The zero-order valence-electron chi connectivity index (χ0n) is 27.1. The number of carbonyl (C=O) groups is 2. The molecule has 1 aliphatic carbocycles. The normalized spacial score (nSPS) is 20.2. The minimum Gasteiger partial charge on any atom is -0.508 e. The number of allylic oxidation sites excluding steroid dienone is 2. The summed E-state index contributed by atoms with van der Waals surface area (Å²) in [6, 6.07) is 34.0. The second-order valence-corrected chi connectivity index (χ2v) is 12.7. The summed E-state index contributed by atoms with van der Waals surface area (Å²) in [5, 5.41) is 36.0. The lowest BCUT2D eigenvalue weighted by Crippen LogP contribution is -2.39. The van der Waals surface area contributed by atoms with E-state index in [4.69, 9.17) is 0 Å². The highest BCUT2D eigenvalue weighted by Crippen LogP contribution is 2.48. The number of hydrogen-bond donors (Lipinski definition) is 4. The number of aliphatic hydroxyl groups excluding tert-OH is 2. The lowest BCUT2D eigenvalue weighted by atomic mass is 9.67. The molecular formula is C41H42N2O5. The number of phenols is 1. The molecule has 2 aliphatic rings. The molecule has 246 valence electrons. The largest absolute Gasteiger partial charge is 0.508 e. The van der Waals surface area contributed by atoms with Crippen LogP contribution in [0, 0.1) is 17.8 Å². The molecular weight excluding hydrogens is 600 g/mol. The van der Waals surface area contributed by atoms with Crippen LogP contribution in [0.25, 0.3) is 11.6 Å². The smallest absolute Gasteiger partial charge is 0.238 e. The predicted octanol–water partition coefficient (Wildman–Crippen LogP) is 7.73. The van der Waals surface area contributed by atoms with Gasteiger partial charge in [-0.1, -0.05) is 85.7 Å². The average Bonchev–Trinajstić information content (AvgIpc) is 3.35. The van der Waals surface area contributed by atoms with Gasteiger partial charge in [0.1, 0.15) is 5.75 Å². The molecule has 2 amide bonds. The first-order chi connectivity index (χ1) is 23.4. The predicted molar refractivity (Wildman–Crippen MR) is 190 cm³/mol. The number of imide groups is 1. The van der Waals surface area contributed by atoms with Gasteiger partial charge in [0.2, 0.25) is 11.8 Å². The van der Waals surface area contributed by atoms with Crippen LogP contribution in [0.15, 0.2) is 120 Å². The zero-order valence-corrected chi connectivity index (χ0v) is 27.1. The van der Waals surface area contributed by atoms with Crippen LogP contribution in [0.3, 0.4) is 0 Å². The fourth-order valence-corrected chi connectivity index (χ4v) is 7.35. The summed E-state index contributed by atoms with van der Waals surface area (Å²) < 4.78 is 0. The van der Waals surface area contributed by atoms with E-state index < -0.39 is 23.9 Å². The fraction of sp³-hybridized carbons (Fsp3) is 0.268. The van der Waals surface area contributed by atoms with Gasteiger partial charge in [-0.15, -0.1) is 0 Å². The standard InChI is InChI=1S/C41H42N2O5/c1-2-10-30-25-35-39(41(48)43(40(35)47)33-20-18-32(19-21-33)42-31-14-7-4-8-15-31)36(26-44)38(30)37(46)22-17-29(28-12-5-3-6-13-28)23-27-11-9-16-34(45)24-27/h3-9,11-16,18-21,23-24,35-37,39,42,44-46H,2,10,17,22,25-26H2,1H3/b29-23-/t35-,36+,37-,39-/m1/s1. The van der Waals surface area contributed by atoms with Gasteiger partial charge in [0, 0.05) is 17.3 Å². The van der Waals surface area contributed by atoms with Crippen LogP contribution < -0.4 is 10.2 Å². The highest BCUT2D eigenvalue weighted by molar-refractivity contribution is 6.22. The molecule has 0 unspecified atom stereocenters. The zero-order chi connectivity index (χ0) is 33.6. The van der Waals surface area contributed by atoms with Crippen LogP contribution in [0.1, 0.15) is 50.2 Å². The van der Waals surface area contributed by atoms with Crippen LogP contribution in [-0.2, 0) is 9.59 Å². The molecule has 1 heterocycles. The third-order valence-electron chi connectivity index (χ3n) is 9.52. The van der Waals surface area contributed by atoms with E-state index in [2.05, 4.69) is 12.2 Å². The number of nitrogens with one attached hydrogen (secondary N) is 1. The molecule has 0 spiro atoms. The Morgan fingerprint density at radius 1 is 0.896 bits per heavy atom. The number of fused-ring (bicyclic) bond motifs is 1. The number of phenolic OH excluding ortho intramolecular Hbond substituents is 1. The Kier molecular flexibility index (Phi) is 10.2. The molecule has 0 saturated carbocycles. The van der Waals surface area contributed by atoms with Crippen molar-refractivity contribution in [3.05, 3.63) is 131 Å². The number of benzene rings is 4. The third kappa shape index (κ3) is 6.98. The van der Waals surface area contributed by atoms with E-state index in [-0.39, 0.29) is 24.2 Å². The van der Waals surface area contributed by atoms with Gasteiger partial charge in [-0.25, -0.2) is 0 Å². The summed E-state index contributed by atoms with van der Waals surface area (Å²) in [7, 11) is 0. The molecule has 0 radical (unpaired) electrons. The summed E-state index contributed by atoms with van der Waals surface area (Å²) in [5.41, 5.74) is 6.79. The second kappa shape index (κ2) is 14.8.